The largest absolute Gasteiger partial charge is 0.432 e. The van der Waals surface area contributed by atoms with Gasteiger partial charge < -0.3 is 45.7 Å². The summed E-state index contributed by atoms with van der Waals surface area (Å²) in [5.74, 6) is -1.26. The standard InChI is InChI=1S/C40H56N6O7Si/c1-25-36(54(2,3)52)34(20-35(48)45-18-6-9-31(45)24-47)53-40(25)32-19-30(44-38(50)28-8-5-17-42-22-28)14-15-33(32)46(39(40)51)23-26-10-12-29(13-11-26)43-37(49)27-7-4-16-41-21-27/h10-15,19,25,27-28,31,34,36,41-42,47,52H,4-9,16-18,20-24H2,1-3H3,(H,43,49)(H,44,50)/t25-,27?,28?,31-,34+,36-,40+/m0/s1. The van der Waals surface area contributed by atoms with Crippen molar-refractivity contribution in [2.75, 3.05) is 54.9 Å². The lowest BCUT2D eigenvalue weighted by molar-refractivity contribution is -0.150. The number of rotatable bonds is 10. The summed E-state index contributed by atoms with van der Waals surface area (Å²) in [6, 6.07) is 12.8. The van der Waals surface area contributed by atoms with Crippen LogP contribution in [0.1, 0.15) is 63.0 Å². The van der Waals surface area contributed by atoms with E-state index in [1.807, 2.05) is 62.5 Å². The molecule has 0 aliphatic carbocycles. The third-order valence-electron chi connectivity index (χ3n) is 12.4. The quantitative estimate of drug-likeness (QED) is 0.199. The molecule has 4 saturated heterocycles. The lowest BCUT2D eigenvalue weighted by atomic mass is 9.82. The Bertz CT molecular complexity index is 1720. The number of benzene rings is 2. The number of hydrogen-bond donors (Lipinski definition) is 6. The lowest BCUT2D eigenvalue weighted by Gasteiger charge is -2.33. The van der Waals surface area contributed by atoms with Crippen LogP contribution in [-0.4, -0.2) is 98.2 Å². The highest BCUT2D eigenvalue weighted by atomic mass is 28.4. The zero-order valence-electron chi connectivity index (χ0n) is 31.7. The van der Waals surface area contributed by atoms with Crippen LogP contribution in [0.3, 0.4) is 0 Å². The monoisotopic (exact) mass is 760 g/mol. The second kappa shape index (κ2) is 15.8. The Morgan fingerprint density at radius 2 is 1.56 bits per heavy atom. The molecule has 4 fully saturated rings. The van der Waals surface area contributed by atoms with Gasteiger partial charge >= 0.3 is 0 Å². The van der Waals surface area contributed by atoms with Crippen LogP contribution in [0.2, 0.25) is 18.6 Å². The Labute approximate surface area is 318 Å². The second-order valence-electron chi connectivity index (χ2n) is 16.5. The summed E-state index contributed by atoms with van der Waals surface area (Å²) in [7, 11) is -3.05. The molecule has 7 rings (SSSR count). The highest BCUT2D eigenvalue weighted by Crippen LogP contribution is 2.60. The smallest absolute Gasteiger partial charge is 0.264 e. The van der Waals surface area contributed by atoms with Gasteiger partial charge in [-0.15, -0.1) is 0 Å². The molecule has 5 aliphatic rings. The van der Waals surface area contributed by atoms with Crippen molar-refractivity contribution in [3.8, 4) is 0 Å². The van der Waals surface area contributed by atoms with Crippen molar-refractivity contribution in [2.45, 2.75) is 94.8 Å². The van der Waals surface area contributed by atoms with Crippen LogP contribution >= 0.6 is 0 Å². The first kappa shape index (κ1) is 38.6. The van der Waals surface area contributed by atoms with Crippen molar-refractivity contribution < 1.29 is 33.8 Å². The molecule has 0 bridgehead atoms. The normalized spacial score (nSPS) is 29.8. The molecule has 0 saturated carbocycles. The Balaban J connectivity index is 1.19. The summed E-state index contributed by atoms with van der Waals surface area (Å²) in [6.45, 7) is 9.36. The van der Waals surface area contributed by atoms with E-state index in [9.17, 15) is 24.3 Å². The Morgan fingerprint density at radius 1 is 0.926 bits per heavy atom. The summed E-state index contributed by atoms with van der Waals surface area (Å²) in [5.41, 5.74) is 1.39. The minimum Gasteiger partial charge on any atom is -0.432 e. The van der Waals surface area contributed by atoms with Gasteiger partial charge in [0.15, 0.2) is 13.9 Å². The molecule has 6 N–H and O–H groups in total. The highest BCUT2D eigenvalue weighted by Gasteiger charge is 2.66. The molecular formula is C40H56N6O7Si. The number of carbonyl (C=O) groups excluding carboxylic acids is 4. The molecule has 2 unspecified atom stereocenters. The molecular weight excluding hydrogens is 705 g/mol. The first-order valence-electron chi connectivity index (χ1n) is 19.8. The van der Waals surface area contributed by atoms with Crippen LogP contribution in [0.15, 0.2) is 42.5 Å². The maximum Gasteiger partial charge on any atom is 0.264 e. The van der Waals surface area contributed by atoms with E-state index < -0.39 is 31.5 Å². The van der Waals surface area contributed by atoms with Crippen LogP contribution < -0.4 is 26.2 Å². The van der Waals surface area contributed by atoms with Crippen molar-refractivity contribution in [1.82, 2.24) is 15.5 Å². The number of likely N-dealkylation sites (tertiary alicyclic amines) is 1. The summed E-state index contributed by atoms with van der Waals surface area (Å²) in [4.78, 5) is 70.3. The van der Waals surface area contributed by atoms with Crippen molar-refractivity contribution in [2.24, 2.45) is 17.8 Å². The van der Waals surface area contributed by atoms with Gasteiger partial charge in [0.1, 0.15) is 0 Å². The van der Waals surface area contributed by atoms with Gasteiger partial charge in [-0.05, 0) is 101 Å². The van der Waals surface area contributed by atoms with E-state index in [4.69, 9.17) is 4.74 Å². The van der Waals surface area contributed by atoms with Crippen molar-refractivity contribution >= 4 is 49.0 Å². The van der Waals surface area contributed by atoms with Crippen LogP contribution in [0.4, 0.5) is 17.1 Å². The van der Waals surface area contributed by atoms with Gasteiger partial charge in [-0.1, -0.05) is 19.1 Å². The number of carbonyl (C=O) groups is 4. The molecule has 5 aliphatic heterocycles. The van der Waals surface area contributed by atoms with E-state index >= 15 is 4.79 Å². The highest BCUT2D eigenvalue weighted by molar-refractivity contribution is 6.71. The fourth-order valence-corrected chi connectivity index (χ4v) is 12.2. The third-order valence-corrected chi connectivity index (χ3v) is 14.9. The van der Waals surface area contributed by atoms with Gasteiger partial charge in [-0.3, -0.25) is 19.2 Å². The van der Waals surface area contributed by atoms with Gasteiger partial charge in [0.05, 0.1) is 49.2 Å². The Kier molecular flexibility index (Phi) is 11.3. The van der Waals surface area contributed by atoms with E-state index in [-0.39, 0.29) is 61.1 Å². The molecule has 4 amide bonds. The number of anilines is 3. The topological polar surface area (TPSA) is 173 Å². The molecule has 13 nitrogen and oxygen atoms in total. The number of aliphatic hydroxyl groups is 1. The summed E-state index contributed by atoms with van der Waals surface area (Å²) >= 11 is 0. The van der Waals surface area contributed by atoms with E-state index in [0.717, 1.165) is 57.2 Å². The number of amides is 4. The minimum absolute atomic E-state index is 0.00915. The van der Waals surface area contributed by atoms with Gasteiger partial charge in [0.2, 0.25) is 17.7 Å². The molecule has 292 valence electrons. The molecule has 2 aromatic rings. The van der Waals surface area contributed by atoms with Crippen LogP contribution in [-0.2, 0) is 36.1 Å². The molecule has 14 heteroatoms. The summed E-state index contributed by atoms with van der Waals surface area (Å²) in [6.07, 6.45) is 4.33. The predicted molar refractivity (Wildman–Crippen MR) is 208 cm³/mol. The molecule has 0 aromatic heterocycles. The minimum atomic E-state index is -3.05. The molecule has 1 spiro atoms. The zero-order valence-corrected chi connectivity index (χ0v) is 32.7. The fraction of sp³-hybridized carbons (Fsp3) is 0.600. The maximum atomic E-state index is 15.1. The van der Waals surface area contributed by atoms with Gasteiger partial charge in [0.25, 0.3) is 5.91 Å². The summed E-state index contributed by atoms with van der Waals surface area (Å²) < 4.78 is 6.96. The first-order valence-corrected chi connectivity index (χ1v) is 22.8. The van der Waals surface area contributed by atoms with E-state index in [1.54, 1.807) is 9.80 Å². The molecule has 54 heavy (non-hydrogen) atoms. The van der Waals surface area contributed by atoms with Crippen LogP contribution in [0.25, 0.3) is 0 Å². The predicted octanol–water partition coefficient (Wildman–Crippen LogP) is 3.28. The number of nitrogens with zero attached hydrogens (tertiary/aromatic N) is 2. The third kappa shape index (κ3) is 7.48. The zero-order chi connectivity index (χ0) is 38.2. The van der Waals surface area contributed by atoms with Gasteiger partial charge in [0, 0.05) is 48.0 Å². The van der Waals surface area contributed by atoms with E-state index in [1.165, 1.54) is 0 Å². The van der Waals surface area contributed by atoms with Crippen LogP contribution in [0.5, 0.6) is 0 Å². The van der Waals surface area contributed by atoms with E-state index in [2.05, 4.69) is 21.3 Å². The van der Waals surface area contributed by atoms with Gasteiger partial charge in [-0.25, -0.2) is 0 Å². The summed E-state index contributed by atoms with van der Waals surface area (Å²) in [5, 5.41) is 22.7. The number of nitrogens with one attached hydrogen (secondary N) is 4. The number of piperidine rings is 2. The number of ether oxygens (including phenoxy) is 1. The molecule has 7 atom stereocenters. The Hall–Kier alpha value is -3.66. The lowest BCUT2D eigenvalue weighted by Crippen LogP contribution is -2.46. The maximum absolute atomic E-state index is 15.1. The second-order valence-corrected chi connectivity index (χ2v) is 20.5. The number of hydrogen-bond acceptors (Lipinski definition) is 9. The average molecular weight is 761 g/mol. The molecule has 0 radical (unpaired) electrons. The molecule has 2 aromatic carbocycles. The van der Waals surface area contributed by atoms with Crippen molar-refractivity contribution in [1.29, 1.82) is 0 Å². The fourth-order valence-electron chi connectivity index (χ4n) is 9.67. The SMILES string of the molecule is C[C@H]1[C@H]([Si](C)(C)O)[C@@H](CC(=O)N2CCC[C@H]2CO)O[C@]12C(=O)N(Cc1ccc(NC(=O)C3CCCNC3)cc1)c1ccc(NC(=O)C3CCCNC3)cc12. The van der Waals surface area contributed by atoms with Gasteiger partial charge in [-0.2, -0.15) is 0 Å². The Morgan fingerprint density at radius 3 is 2.15 bits per heavy atom. The van der Waals surface area contributed by atoms with E-state index in [0.29, 0.717) is 42.3 Å². The number of fused-ring (bicyclic) bond motifs is 2. The average Bonchev–Trinajstić information content (AvgIpc) is 3.83. The first-order chi connectivity index (χ1) is 25.9. The van der Waals surface area contributed by atoms with Crippen molar-refractivity contribution in [3.63, 3.8) is 0 Å². The van der Waals surface area contributed by atoms with Crippen LogP contribution in [0, 0.1) is 17.8 Å². The van der Waals surface area contributed by atoms with Crippen molar-refractivity contribution in [3.05, 3.63) is 53.6 Å². The number of aliphatic hydroxyl groups excluding tert-OH is 1. The molecule has 5 heterocycles.